The summed E-state index contributed by atoms with van der Waals surface area (Å²) < 4.78 is 11.3. The number of carbonyl (C=O) groups excluding carboxylic acids is 1. The molecule has 2 atom stereocenters. The number of methoxy groups -OCH3 is 1. The summed E-state index contributed by atoms with van der Waals surface area (Å²) in [5.41, 5.74) is 0.797. The maximum Gasteiger partial charge on any atom is 0.219 e. The number of hydrogen-bond acceptors (Lipinski definition) is 4. The molecule has 1 aliphatic heterocycles. The van der Waals surface area contributed by atoms with Crippen LogP contribution in [0.2, 0.25) is 0 Å². The first kappa shape index (κ1) is 15.9. The summed E-state index contributed by atoms with van der Waals surface area (Å²) in [7, 11) is 1.65. The van der Waals surface area contributed by atoms with Crippen molar-refractivity contribution in [3.05, 3.63) is 30.0 Å². The molecule has 2 aromatic rings. The molecule has 5 heteroatoms. The molecule has 23 heavy (non-hydrogen) atoms. The van der Waals surface area contributed by atoms with E-state index < -0.39 is 0 Å². The van der Waals surface area contributed by atoms with Crippen molar-refractivity contribution in [3.63, 3.8) is 0 Å². The molecule has 1 aliphatic rings. The molecule has 2 heterocycles. The SMILES string of the molecule is COc1cccc2cc(CN[C@@H]3CCN(C(C)=O)C[C@@H]3C)oc12. The number of hydrogen-bond donors (Lipinski definition) is 1. The third-order valence-electron chi connectivity index (χ3n) is 4.67. The second-order valence-electron chi connectivity index (χ2n) is 6.31. The molecule has 0 unspecified atom stereocenters. The molecule has 0 aliphatic carbocycles. The van der Waals surface area contributed by atoms with Gasteiger partial charge in [-0.3, -0.25) is 4.79 Å². The number of benzene rings is 1. The molecule has 1 aromatic heterocycles. The van der Waals surface area contributed by atoms with Crippen LogP contribution in [0.4, 0.5) is 0 Å². The van der Waals surface area contributed by atoms with Gasteiger partial charge in [-0.05, 0) is 24.5 Å². The Labute approximate surface area is 136 Å². The standard InChI is InChI=1S/C18H24N2O3/c1-12-11-20(13(2)21)8-7-16(12)19-10-15-9-14-5-4-6-17(22-3)18(14)23-15/h4-6,9,12,16,19H,7-8,10-11H2,1-3H3/t12-,16+/m0/s1. The Morgan fingerprint density at radius 1 is 1.48 bits per heavy atom. The summed E-state index contributed by atoms with van der Waals surface area (Å²) >= 11 is 0. The van der Waals surface area contributed by atoms with E-state index >= 15 is 0 Å². The van der Waals surface area contributed by atoms with Crippen molar-refractivity contribution in [2.75, 3.05) is 20.2 Å². The van der Waals surface area contributed by atoms with E-state index in [1.807, 2.05) is 23.1 Å². The maximum atomic E-state index is 11.5. The molecule has 1 amide bonds. The summed E-state index contributed by atoms with van der Waals surface area (Å²) in [5.74, 6) is 2.27. The first-order valence-electron chi connectivity index (χ1n) is 8.13. The number of nitrogens with zero attached hydrogens (tertiary/aromatic N) is 1. The number of furan rings is 1. The van der Waals surface area contributed by atoms with Crippen LogP contribution in [0.25, 0.3) is 11.0 Å². The Balaban J connectivity index is 1.64. The van der Waals surface area contributed by atoms with Gasteiger partial charge in [0.05, 0.1) is 13.7 Å². The highest BCUT2D eigenvalue weighted by atomic mass is 16.5. The summed E-state index contributed by atoms with van der Waals surface area (Å²) in [6.45, 7) is 6.16. The number of fused-ring (bicyclic) bond motifs is 1. The largest absolute Gasteiger partial charge is 0.493 e. The van der Waals surface area contributed by atoms with Crippen molar-refractivity contribution in [2.24, 2.45) is 5.92 Å². The third-order valence-corrected chi connectivity index (χ3v) is 4.67. The Kier molecular flexibility index (Phi) is 4.57. The minimum atomic E-state index is 0.166. The zero-order chi connectivity index (χ0) is 16.4. The van der Waals surface area contributed by atoms with Crippen molar-refractivity contribution in [3.8, 4) is 5.75 Å². The Hall–Kier alpha value is -2.01. The monoisotopic (exact) mass is 316 g/mol. The molecule has 0 bridgehead atoms. The molecule has 0 radical (unpaired) electrons. The van der Waals surface area contributed by atoms with E-state index in [0.29, 0.717) is 18.5 Å². The minimum Gasteiger partial charge on any atom is -0.493 e. The van der Waals surface area contributed by atoms with E-state index in [1.54, 1.807) is 14.0 Å². The predicted molar refractivity (Wildman–Crippen MR) is 89.4 cm³/mol. The average Bonchev–Trinajstić information content (AvgIpc) is 2.96. The highest BCUT2D eigenvalue weighted by Crippen LogP contribution is 2.28. The number of para-hydroxylation sites is 1. The number of piperidine rings is 1. The number of ether oxygens (including phenoxy) is 1. The van der Waals surface area contributed by atoms with Crippen molar-refractivity contribution < 1.29 is 13.9 Å². The molecule has 1 fully saturated rings. The van der Waals surface area contributed by atoms with Crippen molar-refractivity contribution in [1.29, 1.82) is 0 Å². The molecule has 3 rings (SSSR count). The molecular weight excluding hydrogens is 292 g/mol. The first-order chi connectivity index (χ1) is 11.1. The summed E-state index contributed by atoms with van der Waals surface area (Å²) in [6.07, 6.45) is 0.976. The fourth-order valence-corrected chi connectivity index (χ4v) is 3.30. The molecule has 5 nitrogen and oxygen atoms in total. The zero-order valence-electron chi connectivity index (χ0n) is 14.0. The molecule has 0 spiro atoms. The van der Waals surface area contributed by atoms with Crippen molar-refractivity contribution >= 4 is 16.9 Å². The number of likely N-dealkylation sites (tertiary alicyclic amines) is 1. The van der Waals surface area contributed by atoms with Crippen LogP contribution in [0.15, 0.2) is 28.7 Å². The van der Waals surface area contributed by atoms with Crippen molar-refractivity contribution in [2.45, 2.75) is 32.9 Å². The van der Waals surface area contributed by atoms with Crippen LogP contribution in [-0.4, -0.2) is 37.0 Å². The predicted octanol–water partition coefficient (Wildman–Crippen LogP) is 2.79. The van der Waals surface area contributed by atoms with Gasteiger partial charge in [-0.1, -0.05) is 19.1 Å². The number of rotatable bonds is 4. The van der Waals surface area contributed by atoms with E-state index in [2.05, 4.69) is 18.3 Å². The van der Waals surface area contributed by atoms with E-state index in [-0.39, 0.29) is 5.91 Å². The number of amides is 1. The Morgan fingerprint density at radius 2 is 2.30 bits per heavy atom. The van der Waals surface area contributed by atoms with Gasteiger partial charge in [-0.25, -0.2) is 0 Å². The van der Waals surface area contributed by atoms with Gasteiger partial charge in [-0.15, -0.1) is 0 Å². The third kappa shape index (κ3) is 3.34. The fourth-order valence-electron chi connectivity index (χ4n) is 3.30. The quantitative estimate of drug-likeness (QED) is 0.942. The van der Waals surface area contributed by atoms with Crippen LogP contribution in [-0.2, 0) is 11.3 Å². The second kappa shape index (κ2) is 6.62. The van der Waals surface area contributed by atoms with Crippen LogP contribution in [0, 0.1) is 5.92 Å². The highest BCUT2D eigenvalue weighted by molar-refractivity contribution is 5.83. The van der Waals surface area contributed by atoms with E-state index in [0.717, 1.165) is 42.0 Å². The van der Waals surface area contributed by atoms with Crippen LogP contribution in [0.5, 0.6) is 5.75 Å². The maximum absolute atomic E-state index is 11.5. The van der Waals surface area contributed by atoms with Gasteiger partial charge in [0.25, 0.3) is 0 Å². The Bertz CT molecular complexity index is 695. The molecule has 1 saturated heterocycles. The minimum absolute atomic E-state index is 0.166. The van der Waals surface area contributed by atoms with E-state index in [1.165, 1.54) is 0 Å². The van der Waals surface area contributed by atoms with Gasteiger partial charge in [0, 0.05) is 31.4 Å². The van der Waals surface area contributed by atoms with Crippen LogP contribution < -0.4 is 10.1 Å². The first-order valence-corrected chi connectivity index (χ1v) is 8.13. The normalized spacial score (nSPS) is 21.6. The highest BCUT2D eigenvalue weighted by Gasteiger charge is 2.27. The van der Waals surface area contributed by atoms with E-state index in [4.69, 9.17) is 9.15 Å². The van der Waals surface area contributed by atoms with Gasteiger partial charge in [0.15, 0.2) is 11.3 Å². The lowest BCUT2D eigenvalue weighted by atomic mass is 9.94. The molecule has 1 aromatic carbocycles. The lowest BCUT2D eigenvalue weighted by Gasteiger charge is -2.36. The van der Waals surface area contributed by atoms with Gasteiger partial charge in [0.2, 0.25) is 5.91 Å². The summed E-state index contributed by atoms with van der Waals surface area (Å²) in [4.78, 5) is 13.4. The average molecular weight is 316 g/mol. The topological polar surface area (TPSA) is 54.7 Å². The second-order valence-corrected chi connectivity index (χ2v) is 6.31. The fraction of sp³-hybridized carbons (Fsp3) is 0.500. The van der Waals surface area contributed by atoms with Crippen LogP contribution in [0.1, 0.15) is 26.0 Å². The van der Waals surface area contributed by atoms with Crippen LogP contribution >= 0.6 is 0 Å². The van der Waals surface area contributed by atoms with Gasteiger partial charge >= 0.3 is 0 Å². The molecular formula is C18H24N2O3. The van der Waals surface area contributed by atoms with Crippen LogP contribution in [0.3, 0.4) is 0 Å². The van der Waals surface area contributed by atoms with E-state index in [9.17, 15) is 4.79 Å². The lowest BCUT2D eigenvalue weighted by Crippen LogP contribution is -2.49. The summed E-state index contributed by atoms with van der Waals surface area (Å²) in [5, 5.41) is 4.63. The summed E-state index contributed by atoms with van der Waals surface area (Å²) in [6, 6.07) is 8.36. The van der Waals surface area contributed by atoms with Gasteiger partial charge < -0.3 is 19.4 Å². The smallest absolute Gasteiger partial charge is 0.219 e. The molecule has 1 N–H and O–H groups in total. The van der Waals surface area contributed by atoms with Gasteiger partial charge in [0.1, 0.15) is 5.76 Å². The molecule has 124 valence electrons. The lowest BCUT2D eigenvalue weighted by molar-refractivity contribution is -0.130. The number of nitrogens with one attached hydrogen (secondary N) is 1. The number of carbonyl (C=O) groups is 1. The zero-order valence-corrected chi connectivity index (χ0v) is 14.0. The molecule has 0 saturated carbocycles. The Morgan fingerprint density at radius 3 is 3.00 bits per heavy atom. The van der Waals surface area contributed by atoms with Gasteiger partial charge in [-0.2, -0.15) is 0 Å². The van der Waals surface area contributed by atoms with Crippen molar-refractivity contribution in [1.82, 2.24) is 10.2 Å².